The molecule has 4 nitrogen and oxygen atoms in total. The molecule has 19 heavy (non-hydrogen) atoms. The molecule has 2 rings (SSSR count). The number of hydrogen-bond donors (Lipinski definition) is 2. The van der Waals surface area contributed by atoms with Crippen LogP contribution in [0.2, 0.25) is 0 Å². The highest BCUT2D eigenvalue weighted by Crippen LogP contribution is 2.20. The van der Waals surface area contributed by atoms with Crippen molar-refractivity contribution in [2.45, 2.75) is 0 Å². The van der Waals surface area contributed by atoms with Crippen molar-refractivity contribution in [2.24, 2.45) is 10.8 Å². The maximum atomic E-state index is 5.68. The van der Waals surface area contributed by atoms with Crippen LogP contribution >= 0.6 is 12.2 Å². The Kier molecular flexibility index (Phi) is 4.47. The average molecular weight is 271 g/mol. The highest BCUT2D eigenvalue weighted by Gasteiger charge is 1.96. The molecule has 0 aliphatic heterocycles. The van der Waals surface area contributed by atoms with Crippen LogP contribution in [-0.4, -0.2) is 11.3 Å². The number of rotatable bonds is 4. The molecule has 96 valence electrons. The monoisotopic (exact) mass is 271 g/mol. The van der Waals surface area contributed by atoms with Gasteiger partial charge in [0.2, 0.25) is 0 Å². The van der Waals surface area contributed by atoms with E-state index in [1.807, 2.05) is 54.6 Å². The molecule has 0 spiro atoms. The van der Waals surface area contributed by atoms with Gasteiger partial charge in [-0.05, 0) is 54.2 Å². The number of benzene rings is 2. The number of thiocarbonyl (C=S) groups is 1. The largest absolute Gasteiger partial charge is 0.457 e. The van der Waals surface area contributed by atoms with Gasteiger partial charge in [-0.1, -0.05) is 18.2 Å². The van der Waals surface area contributed by atoms with Crippen LogP contribution in [0, 0.1) is 0 Å². The lowest BCUT2D eigenvalue weighted by atomic mass is 10.2. The van der Waals surface area contributed by atoms with E-state index < -0.39 is 0 Å². The topological polar surface area (TPSA) is 59.6 Å². The first-order chi connectivity index (χ1) is 9.24. The van der Waals surface area contributed by atoms with Gasteiger partial charge in [-0.15, -0.1) is 0 Å². The minimum absolute atomic E-state index is 0.139. The van der Waals surface area contributed by atoms with Crippen LogP contribution in [0.3, 0.4) is 0 Å². The van der Waals surface area contributed by atoms with Crippen molar-refractivity contribution in [1.82, 2.24) is 5.43 Å². The molecule has 2 aromatic carbocycles. The van der Waals surface area contributed by atoms with Gasteiger partial charge in [0.15, 0.2) is 5.11 Å². The van der Waals surface area contributed by atoms with E-state index >= 15 is 0 Å². The van der Waals surface area contributed by atoms with Gasteiger partial charge in [-0.25, -0.2) is 0 Å². The Labute approximate surface area is 116 Å². The summed E-state index contributed by atoms with van der Waals surface area (Å²) in [6.45, 7) is 0. The molecule has 0 aliphatic rings. The van der Waals surface area contributed by atoms with E-state index in [1.54, 1.807) is 6.21 Å². The summed E-state index contributed by atoms with van der Waals surface area (Å²) in [4.78, 5) is 0. The molecular weight excluding hydrogens is 258 g/mol. The zero-order valence-corrected chi connectivity index (χ0v) is 10.9. The summed E-state index contributed by atoms with van der Waals surface area (Å²) in [5.41, 5.74) is 8.67. The van der Waals surface area contributed by atoms with Crippen molar-refractivity contribution in [3.05, 3.63) is 60.2 Å². The lowest BCUT2D eigenvalue weighted by molar-refractivity contribution is 0.482. The zero-order valence-electron chi connectivity index (χ0n) is 10.1. The van der Waals surface area contributed by atoms with E-state index in [0.29, 0.717) is 0 Å². The molecule has 0 atom stereocenters. The van der Waals surface area contributed by atoms with Crippen molar-refractivity contribution in [2.75, 3.05) is 0 Å². The predicted octanol–water partition coefficient (Wildman–Crippen LogP) is 2.65. The van der Waals surface area contributed by atoms with Crippen LogP contribution in [0.4, 0.5) is 0 Å². The minimum Gasteiger partial charge on any atom is -0.457 e. The molecule has 5 heteroatoms. The Morgan fingerprint density at radius 3 is 2.32 bits per heavy atom. The molecule has 0 unspecified atom stereocenters. The first-order valence-electron chi connectivity index (χ1n) is 5.65. The number of nitrogens with zero attached hydrogens (tertiary/aromatic N) is 1. The molecule has 0 aromatic heterocycles. The van der Waals surface area contributed by atoms with Gasteiger partial charge in [0, 0.05) is 0 Å². The SMILES string of the molecule is NC(=S)N/N=C\c1ccc(Oc2ccccc2)cc1. The molecule has 3 N–H and O–H groups in total. The van der Waals surface area contributed by atoms with E-state index in [1.165, 1.54) is 0 Å². The van der Waals surface area contributed by atoms with Crippen LogP contribution in [-0.2, 0) is 0 Å². The number of hydrazone groups is 1. The van der Waals surface area contributed by atoms with Gasteiger partial charge in [-0.2, -0.15) is 5.10 Å². The van der Waals surface area contributed by atoms with Crippen LogP contribution in [0.15, 0.2) is 59.7 Å². The molecule has 0 heterocycles. The second kappa shape index (κ2) is 6.51. The Balaban J connectivity index is 1.98. The number of para-hydroxylation sites is 1. The summed E-state index contributed by atoms with van der Waals surface area (Å²) >= 11 is 4.64. The van der Waals surface area contributed by atoms with Crippen molar-refractivity contribution >= 4 is 23.5 Å². The summed E-state index contributed by atoms with van der Waals surface area (Å²) in [7, 11) is 0. The maximum absolute atomic E-state index is 5.68. The second-order valence-corrected chi connectivity index (χ2v) is 4.16. The molecule has 0 radical (unpaired) electrons. The van der Waals surface area contributed by atoms with Crippen molar-refractivity contribution in [1.29, 1.82) is 0 Å². The third-order valence-corrected chi connectivity index (χ3v) is 2.34. The number of hydrogen-bond acceptors (Lipinski definition) is 3. The average Bonchev–Trinajstić information content (AvgIpc) is 2.42. The molecule has 0 saturated heterocycles. The lowest BCUT2D eigenvalue weighted by Gasteiger charge is -2.05. The van der Waals surface area contributed by atoms with Gasteiger partial charge in [-0.3, -0.25) is 5.43 Å². The van der Waals surface area contributed by atoms with E-state index in [2.05, 4.69) is 22.7 Å². The summed E-state index contributed by atoms with van der Waals surface area (Å²) < 4.78 is 5.68. The van der Waals surface area contributed by atoms with E-state index in [0.717, 1.165) is 17.1 Å². The highest BCUT2D eigenvalue weighted by atomic mass is 32.1. The van der Waals surface area contributed by atoms with Gasteiger partial charge in [0.05, 0.1) is 6.21 Å². The van der Waals surface area contributed by atoms with Crippen molar-refractivity contribution < 1.29 is 4.74 Å². The molecule has 0 saturated carbocycles. The summed E-state index contributed by atoms with van der Waals surface area (Å²) in [5, 5.41) is 4.01. The standard InChI is InChI=1S/C14H13N3OS/c15-14(19)17-16-10-11-6-8-13(9-7-11)18-12-4-2-1-3-5-12/h1-10H,(H3,15,17,19)/b16-10-. The molecule has 0 amide bonds. The van der Waals surface area contributed by atoms with Crippen LogP contribution in [0.1, 0.15) is 5.56 Å². The Morgan fingerprint density at radius 1 is 1.05 bits per heavy atom. The van der Waals surface area contributed by atoms with Gasteiger partial charge >= 0.3 is 0 Å². The molecular formula is C14H13N3OS. The van der Waals surface area contributed by atoms with Crippen LogP contribution < -0.4 is 15.9 Å². The fourth-order valence-electron chi connectivity index (χ4n) is 1.42. The van der Waals surface area contributed by atoms with Crippen LogP contribution in [0.5, 0.6) is 11.5 Å². The predicted molar refractivity (Wildman–Crippen MR) is 80.5 cm³/mol. The maximum Gasteiger partial charge on any atom is 0.184 e. The Morgan fingerprint density at radius 2 is 1.68 bits per heavy atom. The van der Waals surface area contributed by atoms with Crippen molar-refractivity contribution in [3.63, 3.8) is 0 Å². The van der Waals surface area contributed by atoms with E-state index in [9.17, 15) is 0 Å². The normalized spacial score (nSPS) is 10.3. The third-order valence-electron chi connectivity index (χ3n) is 2.25. The molecule has 0 bridgehead atoms. The quantitative estimate of drug-likeness (QED) is 0.510. The first-order valence-corrected chi connectivity index (χ1v) is 6.06. The summed E-state index contributed by atoms with van der Waals surface area (Å²) in [5.74, 6) is 1.57. The minimum atomic E-state index is 0.139. The highest BCUT2D eigenvalue weighted by molar-refractivity contribution is 7.80. The number of nitrogens with two attached hydrogens (primary N) is 1. The number of nitrogens with one attached hydrogen (secondary N) is 1. The lowest BCUT2D eigenvalue weighted by Crippen LogP contribution is -2.23. The third kappa shape index (κ3) is 4.40. The summed E-state index contributed by atoms with van der Waals surface area (Å²) in [6.07, 6.45) is 1.63. The Bertz CT molecular complexity index is 567. The van der Waals surface area contributed by atoms with Gasteiger partial charge < -0.3 is 10.5 Å². The fourth-order valence-corrected chi connectivity index (χ4v) is 1.47. The van der Waals surface area contributed by atoms with Crippen molar-refractivity contribution in [3.8, 4) is 11.5 Å². The summed E-state index contributed by atoms with van der Waals surface area (Å²) in [6, 6.07) is 17.1. The first kappa shape index (κ1) is 13.0. The van der Waals surface area contributed by atoms with E-state index in [-0.39, 0.29) is 5.11 Å². The number of ether oxygens (including phenoxy) is 1. The fraction of sp³-hybridized carbons (Fsp3) is 0. The van der Waals surface area contributed by atoms with Gasteiger partial charge in [0.25, 0.3) is 0 Å². The molecule has 2 aromatic rings. The molecule has 0 aliphatic carbocycles. The van der Waals surface area contributed by atoms with Gasteiger partial charge in [0.1, 0.15) is 11.5 Å². The Hall–Kier alpha value is -2.40. The molecule has 0 fully saturated rings. The van der Waals surface area contributed by atoms with Crippen LogP contribution in [0.25, 0.3) is 0 Å². The smallest absolute Gasteiger partial charge is 0.184 e. The second-order valence-electron chi connectivity index (χ2n) is 3.72. The zero-order chi connectivity index (χ0) is 13.5. The van der Waals surface area contributed by atoms with E-state index in [4.69, 9.17) is 10.5 Å².